The minimum Gasteiger partial charge on any atom is -0.395 e. The fourth-order valence-corrected chi connectivity index (χ4v) is 4.42. The van der Waals surface area contributed by atoms with Crippen molar-refractivity contribution in [1.29, 1.82) is 0 Å². The van der Waals surface area contributed by atoms with E-state index in [1.165, 1.54) is 24.8 Å². The third-order valence-corrected chi connectivity index (χ3v) is 6.22. The lowest BCUT2D eigenvalue weighted by molar-refractivity contribution is 0.0907. The highest BCUT2D eigenvalue weighted by atomic mass is 16.3. The summed E-state index contributed by atoms with van der Waals surface area (Å²) in [5.74, 6) is 0.730. The number of piperidine rings is 2. The number of hydrogen-bond donors (Lipinski definition) is 2. The predicted molar refractivity (Wildman–Crippen MR) is 109 cm³/mol. The Morgan fingerprint density at radius 3 is 2.59 bits per heavy atom. The van der Waals surface area contributed by atoms with Crippen molar-refractivity contribution in [3.63, 3.8) is 0 Å². The standard InChI is InChI=1S/C22H35N3O2/c26-18-21-8-4-5-14-24(21)17-13-23-22(27)25-15-11-20(12-16-25)10-9-19-6-2-1-3-7-19/h1-3,6-7,20-21,26H,4-5,8-18H2,(H,23,27)/t21-/m0/s1. The summed E-state index contributed by atoms with van der Waals surface area (Å²) >= 11 is 0. The molecular weight excluding hydrogens is 338 g/mol. The van der Waals surface area contributed by atoms with E-state index >= 15 is 0 Å². The Morgan fingerprint density at radius 2 is 1.85 bits per heavy atom. The minimum atomic E-state index is 0.0778. The maximum absolute atomic E-state index is 12.4. The SMILES string of the molecule is O=C(NCCN1CCCC[C@H]1CO)N1CCC(CCc2ccccc2)CC1. The van der Waals surface area contributed by atoms with Crippen molar-refractivity contribution >= 4 is 6.03 Å². The highest BCUT2D eigenvalue weighted by molar-refractivity contribution is 5.74. The molecule has 27 heavy (non-hydrogen) atoms. The number of aliphatic hydroxyl groups is 1. The number of nitrogens with zero attached hydrogens (tertiary/aromatic N) is 2. The number of aryl methyl sites for hydroxylation is 1. The van der Waals surface area contributed by atoms with Crippen molar-refractivity contribution in [3.8, 4) is 0 Å². The Hall–Kier alpha value is -1.59. The Labute approximate surface area is 163 Å². The Balaban J connectivity index is 1.31. The third-order valence-electron chi connectivity index (χ3n) is 6.22. The lowest BCUT2D eigenvalue weighted by Gasteiger charge is -2.35. The van der Waals surface area contributed by atoms with Crippen LogP contribution in [-0.2, 0) is 6.42 Å². The monoisotopic (exact) mass is 373 g/mol. The van der Waals surface area contributed by atoms with Gasteiger partial charge in [-0.15, -0.1) is 0 Å². The van der Waals surface area contributed by atoms with Crippen LogP contribution in [0.4, 0.5) is 4.79 Å². The van der Waals surface area contributed by atoms with Gasteiger partial charge in [-0.3, -0.25) is 4.90 Å². The number of urea groups is 1. The van der Waals surface area contributed by atoms with Crippen molar-refractivity contribution in [3.05, 3.63) is 35.9 Å². The molecule has 0 unspecified atom stereocenters. The first-order valence-corrected chi connectivity index (χ1v) is 10.7. The van der Waals surface area contributed by atoms with Crippen molar-refractivity contribution < 1.29 is 9.90 Å². The lowest BCUT2D eigenvalue weighted by atomic mass is 9.91. The number of hydrogen-bond acceptors (Lipinski definition) is 3. The van der Waals surface area contributed by atoms with Gasteiger partial charge in [0.1, 0.15) is 0 Å². The molecule has 2 aliphatic heterocycles. The van der Waals surface area contributed by atoms with Gasteiger partial charge >= 0.3 is 6.03 Å². The van der Waals surface area contributed by atoms with E-state index in [4.69, 9.17) is 0 Å². The number of carbonyl (C=O) groups is 1. The summed E-state index contributed by atoms with van der Waals surface area (Å²) < 4.78 is 0. The van der Waals surface area contributed by atoms with Gasteiger partial charge < -0.3 is 15.3 Å². The lowest BCUT2D eigenvalue weighted by Crippen LogP contribution is -2.49. The average molecular weight is 374 g/mol. The molecule has 3 rings (SSSR count). The minimum absolute atomic E-state index is 0.0778. The van der Waals surface area contributed by atoms with Crippen LogP contribution in [0.1, 0.15) is 44.1 Å². The van der Waals surface area contributed by atoms with Crippen LogP contribution in [0.5, 0.6) is 0 Å². The van der Waals surface area contributed by atoms with E-state index in [1.807, 2.05) is 4.90 Å². The zero-order chi connectivity index (χ0) is 18.9. The summed E-state index contributed by atoms with van der Waals surface area (Å²) in [7, 11) is 0. The summed E-state index contributed by atoms with van der Waals surface area (Å²) in [5, 5.41) is 12.6. The van der Waals surface area contributed by atoms with Gasteiger partial charge in [-0.2, -0.15) is 0 Å². The summed E-state index contributed by atoms with van der Waals surface area (Å²) in [6.45, 7) is 4.51. The zero-order valence-corrected chi connectivity index (χ0v) is 16.5. The van der Waals surface area contributed by atoms with Gasteiger partial charge in [0.15, 0.2) is 0 Å². The van der Waals surface area contributed by atoms with E-state index in [0.29, 0.717) is 6.54 Å². The topological polar surface area (TPSA) is 55.8 Å². The van der Waals surface area contributed by atoms with Gasteiger partial charge in [0, 0.05) is 32.2 Å². The molecule has 2 amide bonds. The van der Waals surface area contributed by atoms with Crippen LogP contribution in [0, 0.1) is 5.92 Å². The molecule has 2 saturated heterocycles. The number of rotatable bonds is 7. The van der Waals surface area contributed by atoms with E-state index in [-0.39, 0.29) is 18.7 Å². The second kappa shape index (κ2) is 10.7. The largest absolute Gasteiger partial charge is 0.395 e. The fraction of sp³-hybridized carbons (Fsp3) is 0.682. The molecule has 0 spiro atoms. The Morgan fingerprint density at radius 1 is 1.07 bits per heavy atom. The van der Waals surface area contributed by atoms with Crippen molar-refractivity contribution in [2.75, 3.05) is 39.3 Å². The van der Waals surface area contributed by atoms with Crippen molar-refractivity contribution in [1.82, 2.24) is 15.1 Å². The molecule has 0 aromatic heterocycles. The Kier molecular flexibility index (Phi) is 7.96. The van der Waals surface area contributed by atoms with Crippen LogP contribution in [-0.4, -0.2) is 66.3 Å². The highest BCUT2D eigenvalue weighted by Crippen LogP contribution is 2.22. The van der Waals surface area contributed by atoms with E-state index in [2.05, 4.69) is 40.5 Å². The second-order valence-electron chi connectivity index (χ2n) is 8.05. The van der Waals surface area contributed by atoms with Crippen LogP contribution in [0.3, 0.4) is 0 Å². The number of carbonyl (C=O) groups excluding carboxylic acids is 1. The third kappa shape index (κ3) is 6.22. The molecule has 0 saturated carbocycles. The average Bonchev–Trinajstić information content (AvgIpc) is 2.73. The van der Waals surface area contributed by atoms with Crippen LogP contribution in [0.25, 0.3) is 0 Å². The van der Waals surface area contributed by atoms with Crippen LogP contribution in [0.15, 0.2) is 30.3 Å². The number of amides is 2. The number of benzene rings is 1. The first kappa shape index (κ1) is 20.2. The molecule has 1 aromatic carbocycles. The molecule has 2 heterocycles. The predicted octanol–water partition coefficient (Wildman–Crippen LogP) is 2.89. The van der Waals surface area contributed by atoms with E-state index in [0.717, 1.165) is 57.8 Å². The van der Waals surface area contributed by atoms with Crippen molar-refractivity contribution in [2.45, 2.75) is 51.0 Å². The molecule has 0 radical (unpaired) electrons. The molecular formula is C22H35N3O2. The zero-order valence-electron chi connectivity index (χ0n) is 16.5. The first-order chi connectivity index (χ1) is 13.3. The van der Waals surface area contributed by atoms with Crippen LogP contribution < -0.4 is 5.32 Å². The smallest absolute Gasteiger partial charge is 0.317 e. The van der Waals surface area contributed by atoms with Gasteiger partial charge in [-0.05, 0) is 56.6 Å². The van der Waals surface area contributed by atoms with E-state index < -0.39 is 0 Å². The van der Waals surface area contributed by atoms with Gasteiger partial charge in [-0.25, -0.2) is 4.79 Å². The molecule has 5 heteroatoms. The van der Waals surface area contributed by atoms with Gasteiger partial charge in [-0.1, -0.05) is 36.8 Å². The molecule has 0 aliphatic carbocycles. The number of nitrogens with one attached hydrogen (secondary N) is 1. The summed E-state index contributed by atoms with van der Waals surface area (Å²) in [5.41, 5.74) is 1.41. The highest BCUT2D eigenvalue weighted by Gasteiger charge is 2.24. The summed E-state index contributed by atoms with van der Waals surface area (Å²) in [6.07, 6.45) is 8.05. The van der Waals surface area contributed by atoms with Gasteiger partial charge in [0.25, 0.3) is 0 Å². The quantitative estimate of drug-likeness (QED) is 0.773. The molecule has 2 aliphatic rings. The Bertz CT molecular complexity index is 558. The van der Waals surface area contributed by atoms with Gasteiger partial charge in [0.2, 0.25) is 0 Å². The summed E-state index contributed by atoms with van der Waals surface area (Å²) in [4.78, 5) is 16.7. The maximum Gasteiger partial charge on any atom is 0.317 e. The molecule has 1 atom stereocenters. The maximum atomic E-state index is 12.4. The normalized spacial score (nSPS) is 22.0. The van der Waals surface area contributed by atoms with Crippen molar-refractivity contribution in [2.24, 2.45) is 5.92 Å². The molecule has 5 nitrogen and oxygen atoms in total. The van der Waals surface area contributed by atoms with E-state index in [1.54, 1.807) is 0 Å². The number of aliphatic hydroxyl groups excluding tert-OH is 1. The van der Waals surface area contributed by atoms with E-state index in [9.17, 15) is 9.90 Å². The molecule has 1 aromatic rings. The second-order valence-corrected chi connectivity index (χ2v) is 8.05. The van der Waals surface area contributed by atoms with Crippen LogP contribution in [0.2, 0.25) is 0 Å². The molecule has 150 valence electrons. The van der Waals surface area contributed by atoms with Gasteiger partial charge in [0.05, 0.1) is 6.61 Å². The fourth-order valence-electron chi connectivity index (χ4n) is 4.42. The van der Waals surface area contributed by atoms with Crippen LogP contribution >= 0.6 is 0 Å². The summed E-state index contributed by atoms with van der Waals surface area (Å²) in [6, 6.07) is 11.0. The molecule has 0 bridgehead atoms. The molecule has 2 N–H and O–H groups in total. The first-order valence-electron chi connectivity index (χ1n) is 10.7. The number of likely N-dealkylation sites (tertiary alicyclic amines) is 2. The molecule has 2 fully saturated rings.